The molecule has 1 aromatic carbocycles. The molecular formula is C21H23N5O3S. The number of rotatable bonds is 10. The Labute approximate surface area is 178 Å². The highest BCUT2D eigenvalue weighted by Crippen LogP contribution is 2.25. The molecule has 0 aliphatic rings. The summed E-state index contributed by atoms with van der Waals surface area (Å²) in [5, 5.41) is 17.7. The summed E-state index contributed by atoms with van der Waals surface area (Å²) < 4.78 is 19.0. The van der Waals surface area contributed by atoms with E-state index in [4.69, 9.17) is 13.6 Å². The molecule has 3 aromatic heterocycles. The van der Waals surface area contributed by atoms with Crippen LogP contribution in [0.25, 0.3) is 11.7 Å². The summed E-state index contributed by atoms with van der Waals surface area (Å²) >= 11 is 1.51. The molecule has 4 aromatic rings. The largest absolute Gasteiger partial charge is 0.486 e. The molecule has 0 amide bonds. The third kappa shape index (κ3) is 5.10. The van der Waals surface area contributed by atoms with Crippen LogP contribution in [0.5, 0.6) is 5.75 Å². The molecule has 0 atom stereocenters. The SMILES string of the molecule is CC(C)CCn1c(COc2ccccc2)nnc1SCc1nnc(-c2ccco2)o1. The maximum Gasteiger partial charge on any atom is 0.283 e. The first kappa shape index (κ1) is 20.2. The van der Waals surface area contributed by atoms with E-state index in [1.165, 1.54) is 11.8 Å². The van der Waals surface area contributed by atoms with Gasteiger partial charge in [-0.1, -0.05) is 43.8 Å². The summed E-state index contributed by atoms with van der Waals surface area (Å²) in [7, 11) is 0. The first-order valence-electron chi connectivity index (χ1n) is 9.78. The Kier molecular flexibility index (Phi) is 6.48. The van der Waals surface area contributed by atoms with Gasteiger partial charge in [0.2, 0.25) is 5.89 Å². The molecule has 0 aliphatic carbocycles. The molecule has 0 aliphatic heterocycles. The van der Waals surface area contributed by atoms with E-state index in [1.807, 2.05) is 30.3 Å². The standard InChI is InChI=1S/C21H23N5O3S/c1-15(2)10-11-26-18(13-28-16-7-4-3-5-8-16)22-25-21(26)30-14-19-23-24-20(29-19)17-9-6-12-27-17/h3-9,12,15H,10-11,13-14H2,1-2H3. The van der Waals surface area contributed by atoms with Gasteiger partial charge < -0.3 is 18.1 Å². The number of nitrogens with zero attached hydrogens (tertiary/aromatic N) is 5. The predicted molar refractivity (Wildman–Crippen MR) is 112 cm³/mol. The Balaban J connectivity index is 1.44. The highest BCUT2D eigenvalue weighted by molar-refractivity contribution is 7.98. The molecule has 8 nitrogen and oxygen atoms in total. The molecule has 0 unspecified atom stereocenters. The van der Waals surface area contributed by atoms with Gasteiger partial charge in [0.1, 0.15) is 12.4 Å². The lowest BCUT2D eigenvalue weighted by atomic mass is 10.1. The summed E-state index contributed by atoms with van der Waals surface area (Å²) in [6.07, 6.45) is 2.59. The lowest BCUT2D eigenvalue weighted by Gasteiger charge is -2.12. The number of hydrogen-bond acceptors (Lipinski definition) is 8. The zero-order valence-electron chi connectivity index (χ0n) is 16.9. The zero-order valence-corrected chi connectivity index (χ0v) is 17.7. The van der Waals surface area contributed by atoms with E-state index in [2.05, 4.69) is 38.8 Å². The van der Waals surface area contributed by atoms with Crippen molar-refractivity contribution in [3.05, 3.63) is 60.4 Å². The van der Waals surface area contributed by atoms with E-state index < -0.39 is 0 Å². The number of benzene rings is 1. The number of ether oxygens (including phenoxy) is 1. The van der Waals surface area contributed by atoms with Gasteiger partial charge in [0.05, 0.1) is 12.0 Å². The Morgan fingerprint density at radius 1 is 1.03 bits per heavy atom. The van der Waals surface area contributed by atoms with Crippen LogP contribution in [0.1, 0.15) is 32.0 Å². The van der Waals surface area contributed by atoms with Crippen molar-refractivity contribution in [3.8, 4) is 17.4 Å². The Bertz CT molecular complexity index is 1040. The van der Waals surface area contributed by atoms with Crippen LogP contribution >= 0.6 is 11.8 Å². The van der Waals surface area contributed by atoms with Crippen LogP contribution in [-0.2, 0) is 18.9 Å². The predicted octanol–water partition coefficient (Wildman–Crippen LogP) is 4.84. The fourth-order valence-corrected chi connectivity index (χ4v) is 3.57. The molecule has 0 radical (unpaired) electrons. The van der Waals surface area contributed by atoms with Crippen LogP contribution in [0, 0.1) is 5.92 Å². The molecule has 3 heterocycles. The number of hydrogen-bond donors (Lipinski definition) is 0. The van der Waals surface area contributed by atoms with E-state index >= 15 is 0 Å². The van der Waals surface area contributed by atoms with Crippen molar-refractivity contribution in [1.29, 1.82) is 0 Å². The smallest absolute Gasteiger partial charge is 0.283 e. The van der Waals surface area contributed by atoms with E-state index in [0.29, 0.717) is 35.8 Å². The van der Waals surface area contributed by atoms with Crippen molar-refractivity contribution < 1.29 is 13.6 Å². The molecule has 0 saturated carbocycles. The van der Waals surface area contributed by atoms with Gasteiger partial charge in [-0.2, -0.15) is 0 Å². The van der Waals surface area contributed by atoms with Crippen LogP contribution in [0.3, 0.4) is 0 Å². The number of aromatic nitrogens is 5. The van der Waals surface area contributed by atoms with Gasteiger partial charge >= 0.3 is 0 Å². The first-order valence-corrected chi connectivity index (χ1v) is 10.8. The quantitative estimate of drug-likeness (QED) is 0.333. The Morgan fingerprint density at radius 2 is 1.90 bits per heavy atom. The molecule has 0 fully saturated rings. The van der Waals surface area contributed by atoms with Crippen LogP contribution in [-0.4, -0.2) is 25.0 Å². The van der Waals surface area contributed by atoms with Gasteiger partial charge in [-0.05, 0) is 36.6 Å². The second-order valence-electron chi connectivity index (χ2n) is 7.10. The van der Waals surface area contributed by atoms with Gasteiger partial charge in [-0.15, -0.1) is 20.4 Å². The maximum atomic E-state index is 5.88. The highest BCUT2D eigenvalue weighted by atomic mass is 32.2. The Morgan fingerprint density at radius 3 is 2.67 bits per heavy atom. The average Bonchev–Trinajstić information content (AvgIpc) is 3.50. The van der Waals surface area contributed by atoms with E-state index in [0.717, 1.165) is 29.7 Å². The van der Waals surface area contributed by atoms with Crippen molar-refractivity contribution in [1.82, 2.24) is 25.0 Å². The summed E-state index contributed by atoms with van der Waals surface area (Å²) in [5.41, 5.74) is 0. The molecule has 0 N–H and O–H groups in total. The molecular weight excluding hydrogens is 402 g/mol. The van der Waals surface area contributed by atoms with Crippen LogP contribution in [0.4, 0.5) is 0 Å². The zero-order chi connectivity index (χ0) is 20.8. The number of para-hydroxylation sites is 1. The van der Waals surface area contributed by atoms with Gasteiger partial charge in [-0.25, -0.2) is 0 Å². The molecule has 0 saturated heterocycles. The summed E-state index contributed by atoms with van der Waals surface area (Å²) in [4.78, 5) is 0. The summed E-state index contributed by atoms with van der Waals surface area (Å²) in [5.74, 6) is 4.10. The fourth-order valence-electron chi connectivity index (χ4n) is 2.75. The monoisotopic (exact) mass is 425 g/mol. The van der Waals surface area contributed by atoms with Gasteiger partial charge in [-0.3, -0.25) is 0 Å². The topological polar surface area (TPSA) is 92.0 Å². The maximum absolute atomic E-state index is 5.88. The lowest BCUT2D eigenvalue weighted by Crippen LogP contribution is -2.10. The average molecular weight is 426 g/mol. The number of furan rings is 1. The first-order chi connectivity index (χ1) is 14.7. The van der Waals surface area contributed by atoms with Crippen LogP contribution in [0.15, 0.2) is 62.7 Å². The second kappa shape index (κ2) is 9.62. The van der Waals surface area contributed by atoms with Gasteiger partial charge in [0.25, 0.3) is 5.89 Å². The third-order valence-electron chi connectivity index (χ3n) is 4.36. The Hall–Kier alpha value is -3.07. The molecule has 0 bridgehead atoms. The van der Waals surface area contributed by atoms with E-state index in [9.17, 15) is 0 Å². The summed E-state index contributed by atoms with van der Waals surface area (Å²) in [6, 6.07) is 13.3. The molecule has 156 valence electrons. The highest BCUT2D eigenvalue weighted by Gasteiger charge is 2.16. The fraction of sp³-hybridized carbons (Fsp3) is 0.333. The molecule has 0 spiro atoms. The van der Waals surface area contributed by atoms with Crippen molar-refractivity contribution in [3.63, 3.8) is 0 Å². The van der Waals surface area contributed by atoms with Crippen molar-refractivity contribution in [2.45, 2.75) is 44.3 Å². The van der Waals surface area contributed by atoms with Crippen molar-refractivity contribution >= 4 is 11.8 Å². The minimum Gasteiger partial charge on any atom is -0.486 e. The second-order valence-corrected chi connectivity index (χ2v) is 8.04. The lowest BCUT2D eigenvalue weighted by molar-refractivity contribution is 0.285. The van der Waals surface area contributed by atoms with Crippen molar-refractivity contribution in [2.75, 3.05) is 0 Å². The van der Waals surface area contributed by atoms with Crippen LogP contribution < -0.4 is 4.74 Å². The summed E-state index contributed by atoms with van der Waals surface area (Å²) in [6.45, 7) is 5.58. The normalized spacial score (nSPS) is 11.3. The minimum absolute atomic E-state index is 0.360. The van der Waals surface area contributed by atoms with Crippen molar-refractivity contribution in [2.24, 2.45) is 5.92 Å². The van der Waals surface area contributed by atoms with Crippen LogP contribution in [0.2, 0.25) is 0 Å². The van der Waals surface area contributed by atoms with Gasteiger partial charge in [0, 0.05) is 6.54 Å². The third-order valence-corrected chi connectivity index (χ3v) is 5.31. The van der Waals surface area contributed by atoms with Gasteiger partial charge in [0.15, 0.2) is 16.7 Å². The molecule has 4 rings (SSSR count). The number of thioether (sulfide) groups is 1. The minimum atomic E-state index is 0.360. The van der Waals surface area contributed by atoms with E-state index in [-0.39, 0.29) is 0 Å². The van der Waals surface area contributed by atoms with E-state index in [1.54, 1.807) is 18.4 Å². The molecule has 9 heteroatoms. The molecule has 30 heavy (non-hydrogen) atoms.